The predicted molar refractivity (Wildman–Crippen MR) is 88.2 cm³/mol. The lowest BCUT2D eigenvalue weighted by Crippen LogP contribution is -2.08. The van der Waals surface area contributed by atoms with Gasteiger partial charge < -0.3 is 4.74 Å². The summed E-state index contributed by atoms with van der Waals surface area (Å²) in [4.78, 5) is 0. The molecule has 0 saturated heterocycles. The van der Waals surface area contributed by atoms with Gasteiger partial charge in [0.1, 0.15) is 11.5 Å². The Bertz CT molecular complexity index is 773. The molecule has 1 aliphatic heterocycles. The first-order valence-corrected chi connectivity index (χ1v) is 7.42. The lowest BCUT2D eigenvalue weighted by Gasteiger charge is -2.25. The number of allylic oxidation sites excluding steroid dienone is 1. The van der Waals surface area contributed by atoms with Crippen molar-refractivity contribution in [2.45, 2.75) is 5.92 Å². The van der Waals surface area contributed by atoms with Crippen molar-refractivity contribution in [3.8, 4) is 11.5 Å². The largest absolute Gasteiger partial charge is 0.457 e. The average molecular weight is 283 g/mol. The third-order valence-electron chi connectivity index (χ3n) is 3.92. The van der Waals surface area contributed by atoms with Crippen LogP contribution < -0.4 is 4.74 Å². The van der Waals surface area contributed by atoms with Gasteiger partial charge in [-0.2, -0.15) is 0 Å². The van der Waals surface area contributed by atoms with Gasteiger partial charge in [-0.1, -0.05) is 36.4 Å². The SMILES string of the molecule is [C+](=CC1c2ccccc2Oc2ccccc21)c1ccccc1. The Morgan fingerprint density at radius 1 is 0.682 bits per heavy atom. The zero-order valence-corrected chi connectivity index (χ0v) is 12.1. The van der Waals surface area contributed by atoms with Gasteiger partial charge in [0.15, 0.2) is 5.56 Å². The van der Waals surface area contributed by atoms with Gasteiger partial charge in [-0.25, -0.2) is 0 Å². The van der Waals surface area contributed by atoms with Crippen LogP contribution in [0.1, 0.15) is 22.6 Å². The van der Waals surface area contributed by atoms with Crippen LogP contribution in [0.3, 0.4) is 0 Å². The summed E-state index contributed by atoms with van der Waals surface area (Å²) >= 11 is 0. The van der Waals surface area contributed by atoms with Gasteiger partial charge in [-0.3, -0.25) is 0 Å². The van der Waals surface area contributed by atoms with Crippen molar-refractivity contribution in [1.82, 2.24) is 0 Å². The molecule has 0 unspecified atom stereocenters. The van der Waals surface area contributed by atoms with Crippen molar-refractivity contribution >= 4 is 0 Å². The molecular formula is C21H15O+. The fourth-order valence-electron chi connectivity index (χ4n) is 2.84. The summed E-state index contributed by atoms with van der Waals surface area (Å²) in [6, 6.07) is 26.6. The minimum absolute atomic E-state index is 0.168. The lowest BCUT2D eigenvalue weighted by molar-refractivity contribution is 0.454. The molecule has 0 fully saturated rings. The molecule has 3 aromatic carbocycles. The molecule has 0 atom stereocenters. The van der Waals surface area contributed by atoms with E-state index in [4.69, 9.17) is 4.74 Å². The third-order valence-corrected chi connectivity index (χ3v) is 3.92. The van der Waals surface area contributed by atoms with Gasteiger partial charge >= 0.3 is 0 Å². The number of hydrogen-bond acceptors (Lipinski definition) is 1. The molecule has 3 aromatic rings. The molecule has 0 bridgehead atoms. The summed E-state index contributed by atoms with van der Waals surface area (Å²) in [7, 11) is 0. The van der Waals surface area contributed by atoms with E-state index in [1.54, 1.807) is 0 Å². The number of rotatable bonds is 2. The standard InChI is InChI=1S/C21H15O/c1-2-8-16(9-3-1)14-15-17-18-10-4-6-12-20(18)22-21-13-7-5-11-19(17)21/h1-13,15,17H/q+1. The molecule has 0 radical (unpaired) electrons. The Kier molecular flexibility index (Phi) is 3.19. The van der Waals surface area contributed by atoms with Crippen LogP contribution in [0.25, 0.3) is 0 Å². The fraction of sp³-hybridized carbons (Fsp3) is 0.0476. The minimum Gasteiger partial charge on any atom is -0.457 e. The van der Waals surface area contributed by atoms with Crippen molar-refractivity contribution in [2.24, 2.45) is 0 Å². The highest BCUT2D eigenvalue weighted by Crippen LogP contribution is 2.44. The second-order valence-electron chi connectivity index (χ2n) is 5.33. The van der Waals surface area contributed by atoms with Gasteiger partial charge in [0.2, 0.25) is 0 Å². The first kappa shape index (κ1) is 12.8. The summed E-state index contributed by atoms with van der Waals surface area (Å²) in [6.07, 6.45) is 5.55. The van der Waals surface area contributed by atoms with Crippen molar-refractivity contribution in [3.05, 3.63) is 108 Å². The van der Waals surface area contributed by atoms with E-state index >= 15 is 0 Å². The van der Waals surface area contributed by atoms with Crippen molar-refractivity contribution in [2.75, 3.05) is 0 Å². The molecule has 0 amide bonds. The van der Waals surface area contributed by atoms with Gasteiger partial charge in [0.05, 0.1) is 18.1 Å². The highest BCUT2D eigenvalue weighted by Gasteiger charge is 2.25. The van der Waals surface area contributed by atoms with E-state index in [9.17, 15) is 0 Å². The van der Waals surface area contributed by atoms with E-state index in [1.807, 2.05) is 42.5 Å². The smallest absolute Gasteiger partial charge is 0.188 e. The Balaban J connectivity index is 1.79. The van der Waals surface area contributed by atoms with E-state index in [2.05, 4.69) is 48.6 Å². The molecule has 1 heterocycles. The van der Waals surface area contributed by atoms with Crippen LogP contribution in [0.2, 0.25) is 0 Å². The highest BCUT2D eigenvalue weighted by molar-refractivity contribution is 5.55. The number of hydrogen-bond donors (Lipinski definition) is 0. The maximum absolute atomic E-state index is 6.01. The summed E-state index contributed by atoms with van der Waals surface area (Å²) < 4.78 is 6.01. The predicted octanol–water partition coefficient (Wildman–Crippen LogP) is 5.33. The monoisotopic (exact) mass is 283 g/mol. The van der Waals surface area contributed by atoms with E-state index in [0.717, 1.165) is 17.1 Å². The minimum atomic E-state index is 0.168. The molecule has 4 rings (SSSR count). The molecule has 1 heteroatoms. The number of benzene rings is 3. The van der Waals surface area contributed by atoms with Gasteiger partial charge in [0, 0.05) is 23.3 Å². The van der Waals surface area contributed by atoms with E-state index in [0.29, 0.717) is 0 Å². The molecule has 104 valence electrons. The average Bonchev–Trinajstić information content (AvgIpc) is 2.59. The maximum atomic E-state index is 6.01. The van der Waals surface area contributed by atoms with E-state index < -0.39 is 0 Å². The Labute approximate surface area is 130 Å². The number of para-hydroxylation sites is 2. The second-order valence-corrected chi connectivity index (χ2v) is 5.33. The maximum Gasteiger partial charge on any atom is 0.188 e. The molecule has 1 aliphatic rings. The number of ether oxygens (including phenoxy) is 1. The normalized spacial score (nSPS) is 13.1. The molecule has 0 aliphatic carbocycles. The van der Waals surface area contributed by atoms with Crippen LogP contribution in [0.5, 0.6) is 11.5 Å². The zero-order chi connectivity index (χ0) is 14.8. The summed E-state index contributed by atoms with van der Waals surface area (Å²) in [6.45, 7) is 0. The van der Waals surface area contributed by atoms with Crippen LogP contribution in [-0.2, 0) is 0 Å². The lowest BCUT2D eigenvalue weighted by atomic mass is 9.87. The molecular weight excluding hydrogens is 268 g/mol. The van der Waals surface area contributed by atoms with Crippen LogP contribution in [0, 0.1) is 6.08 Å². The topological polar surface area (TPSA) is 9.23 Å². The molecule has 0 saturated carbocycles. The van der Waals surface area contributed by atoms with Crippen LogP contribution in [0.15, 0.2) is 84.9 Å². The van der Waals surface area contributed by atoms with Gasteiger partial charge in [-0.15, -0.1) is 0 Å². The van der Waals surface area contributed by atoms with Crippen molar-refractivity contribution < 1.29 is 4.74 Å². The van der Waals surface area contributed by atoms with E-state index in [1.165, 1.54) is 11.1 Å². The Morgan fingerprint density at radius 2 is 1.23 bits per heavy atom. The van der Waals surface area contributed by atoms with Crippen LogP contribution in [0.4, 0.5) is 0 Å². The highest BCUT2D eigenvalue weighted by atomic mass is 16.5. The Morgan fingerprint density at radius 3 is 1.86 bits per heavy atom. The summed E-state index contributed by atoms with van der Waals surface area (Å²) in [5.41, 5.74) is 3.46. The fourth-order valence-corrected chi connectivity index (χ4v) is 2.84. The molecule has 1 nitrogen and oxygen atoms in total. The molecule has 0 aromatic heterocycles. The number of fused-ring (bicyclic) bond motifs is 2. The quantitative estimate of drug-likeness (QED) is 0.577. The van der Waals surface area contributed by atoms with Crippen LogP contribution in [-0.4, -0.2) is 0 Å². The van der Waals surface area contributed by atoms with Crippen LogP contribution >= 0.6 is 0 Å². The first-order valence-electron chi connectivity index (χ1n) is 7.42. The van der Waals surface area contributed by atoms with Crippen molar-refractivity contribution in [3.63, 3.8) is 0 Å². The first-order chi connectivity index (χ1) is 10.9. The molecule has 0 N–H and O–H groups in total. The molecule has 22 heavy (non-hydrogen) atoms. The van der Waals surface area contributed by atoms with Gasteiger partial charge in [0.25, 0.3) is 0 Å². The van der Waals surface area contributed by atoms with Gasteiger partial charge in [-0.05, 0) is 30.3 Å². The second kappa shape index (κ2) is 5.48. The van der Waals surface area contributed by atoms with Crippen molar-refractivity contribution in [1.29, 1.82) is 0 Å². The summed E-state index contributed by atoms with van der Waals surface area (Å²) in [5.74, 6) is 2.02. The summed E-state index contributed by atoms with van der Waals surface area (Å²) in [5, 5.41) is 0. The Hall–Kier alpha value is -2.89. The zero-order valence-electron chi connectivity index (χ0n) is 12.1. The third kappa shape index (κ3) is 2.28. The van der Waals surface area contributed by atoms with E-state index in [-0.39, 0.29) is 5.92 Å². The molecule has 0 spiro atoms.